The smallest absolute Gasteiger partial charge is 0.293 e. The number of carbonyl (C=O) groups is 3. The van der Waals surface area contributed by atoms with Gasteiger partial charge in [-0.15, -0.1) is 6.58 Å². The van der Waals surface area contributed by atoms with Gasteiger partial charge in [-0.3, -0.25) is 29.4 Å². The van der Waals surface area contributed by atoms with Crippen LogP contribution in [-0.2, 0) is 11.2 Å². The average molecular weight is 468 g/mol. The zero-order valence-corrected chi connectivity index (χ0v) is 18.7. The van der Waals surface area contributed by atoms with Crippen LogP contribution < -0.4 is 9.47 Å². The van der Waals surface area contributed by atoms with E-state index in [1.54, 1.807) is 24.3 Å². The molecular formula is C23H20N2O7S. The summed E-state index contributed by atoms with van der Waals surface area (Å²) in [6.07, 6.45) is 3.76. The summed E-state index contributed by atoms with van der Waals surface area (Å²) in [5.74, 6) is -0.0832. The van der Waals surface area contributed by atoms with Crippen LogP contribution in [0.5, 0.6) is 11.5 Å². The van der Waals surface area contributed by atoms with Crippen molar-refractivity contribution in [1.29, 1.82) is 0 Å². The maximum Gasteiger partial charge on any atom is 0.293 e. The molecule has 0 aliphatic carbocycles. The molecule has 1 aliphatic heterocycles. The van der Waals surface area contributed by atoms with Gasteiger partial charge >= 0.3 is 0 Å². The number of allylic oxidation sites excluding steroid dienone is 1. The predicted molar refractivity (Wildman–Crippen MR) is 124 cm³/mol. The van der Waals surface area contributed by atoms with Crippen LogP contribution in [0.4, 0.5) is 10.5 Å². The second-order valence-corrected chi connectivity index (χ2v) is 7.90. The fraction of sp³-hybridized carbons (Fsp3) is 0.174. The lowest BCUT2D eigenvalue weighted by molar-refractivity contribution is -0.384. The second-order valence-electron chi connectivity index (χ2n) is 6.90. The topological polar surface area (TPSA) is 116 Å². The molecule has 1 saturated heterocycles. The Morgan fingerprint density at radius 2 is 1.88 bits per heavy atom. The molecule has 0 saturated carbocycles. The number of methoxy groups -OCH3 is 2. The van der Waals surface area contributed by atoms with Gasteiger partial charge in [0.05, 0.1) is 30.6 Å². The number of non-ortho nitro benzene ring substituents is 1. The highest BCUT2D eigenvalue weighted by Crippen LogP contribution is 2.37. The number of benzene rings is 2. The van der Waals surface area contributed by atoms with Crippen molar-refractivity contribution in [2.45, 2.75) is 6.42 Å². The number of rotatable bonds is 9. The van der Waals surface area contributed by atoms with Gasteiger partial charge in [0.25, 0.3) is 16.8 Å². The third-order valence-corrected chi connectivity index (χ3v) is 5.72. The Kier molecular flexibility index (Phi) is 7.29. The molecule has 2 amide bonds. The zero-order chi connectivity index (χ0) is 24.1. The van der Waals surface area contributed by atoms with E-state index in [1.165, 1.54) is 38.5 Å². The number of Topliss-reactive ketones (excluding diaryl/α,β-unsaturated/α-hetero) is 1. The molecule has 33 heavy (non-hydrogen) atoms. The van der Waals surface area contributed by atoms with Crippen molar-refractivity contribution in [3.05, 3.63) is 80.8 Å². The summed E-state index contributed by atoms with van der Waals surface area (Å²) in [6.45, 7) is 3.27. The van der Waals surface area contributed by atoms with E-state index in [-0.39, 0.29) is 16.2 Å². The van der Waals surface area contributed by atoms with Gasteiger partial charge in [0, 0.05) is 23.3 Å². The third kappa shape index (κ3) is 5.12. The first-order valence-corrected chi connectivity index (χ1v) is 10.5. The molecule has 0 atom stereocenters. The van der Waals surface area contributed by atoms with Gasteiger partial charge in [0.15, 0.2) is 17.3 Å². The van der Waals surface area contributed by atoms with Gasteiger partial charge in [-0.25, -0.2) is 0 Å². The molecule has 0 spiro atoms. The minimum atomic E-state index is -0.597. The summed E-state index contributed by atoms with van der Waals surface area (Å²) >= 11 is 0.728. The minimum Gasteiger partial charge on any atom is -0.493 e. The Morgan fingerprint density at radius 1 is 1.18 bits per heavy atom. The number of hydrogen-bond donors (Lipinski definition) is 0. The van der Waals surface area contributed by atoms with E-state index in [0.717, 1.165) is 22.2 Å². The number of hydrogen-bond acceptors (Lipinski definition) is 8. The van der Waals surface area contributed by atoms with E-state index in [4.69, 9.17) is 9.47 Å². The third-order valence-electron chi connectivity index (χ3n) is 4.82. The first kappa shape index (κ1) is 23.7. The van der Waals surface area contributed by atoms with Crippen LogP contribution in [0.3, 0.4) is 0 Å². The van der Waals surface area contributed by atoms with Crippen LogP contribution in [0.15, 0.2) is 54.0 Å². The molecule has 0 bridgehead atoms. The van der Waals surface area contributed by atoms with Crippen LogP contribution in [0.25, 0.3) is 6.08 Å². The molecular weight excluding hydrogens is 448 g/mol. The normalized spacial score (nSPS) is 14.5. The van der Waals surface area contributed by atoms with Crippen molar-refractivity contribution in [2.75, 3.05) is 20.8 Å². The lowest BCUT2D eigenvalue weighted by Gasteiger charge is -2.13. The number of nitrogens with zero attached hydrogens (tertiary/aromatic N) is 2. The summed E-state index contributed by atoms with van der Waals surface area (Å²) in [4.78, 5) is 49.0. The quantitative estimate of drug-likeness (QED) is 0.176. The lowest BCUT2D eigenvalue weighted by Crippen LogP contribution is -2.33. The Morgan fingerprint density at radius 3 is 2.45 bits per heavy atom. The number of carbonyl (C=O) groups excluding carboxylic acids is 3. The summed E-state index contributed by atoms with van der Waals surface area (Å²) in [6, 6.07) is 8.46. The van der Waals surface area contributed by atoms with E-state index in [0.29, 0.717) is 23.5 Å². The molecule has 1 fully saturated rings. The van der Waals surface area contributed by atoms with Crippen molar-refractivity contribution in [3.8, 4) is 11.5 Å². The fourth-order valence-corrected chi connectivity index (χ4v) is 4.09. The molecule has 1 heterocycles. The molecule has 0 aromatic heterocycles. The molecule has 10 heteroatoms. The molecule has 3 rings (SSSR count). The second kappa shape index (κ2) is 10.1. The standard InChI is InChI=1S/C23H20N2O7S/c1-4-5-16-10-14(11-19(31-2)21(16)32-3)12-20-22(27)24(23(28)33-20)13-18(26)15-6-8-17(9-7-15)25(29)30/h4,6-12H,1,5,13H2,2-3H3/b20-12-. The molecule has 0 radical (unpaired) electrons. The number of nitro groups is 1. The first-order chi connectivity index (χ1) is 15.8. The number of nitro benzene ring substituents is 1. The summed E-state index contributed by atoms with van der Waals surface area (Å²) in [5.41, 5.74) is 1.42. The van der Waals surface area contributed by atoms with Crippen molar-refractivity contribution >= 4 is 40.5 Å². The fourth-order valence-electron chi connectivity index (χ4n) is 3.25. The Labute approximate surface area is 193 Å². The number of thioether (sulfide) groups is 1. The largest absolute Gasteiger partial charge is 0.493 e. The molecule has 1 aliphatic rings. The molecule has 2 aromatic carbocycles. The van der Waals surface area contributed by atoms with Gasteiger partial charge in [0.1, 0.15) is 0 Å². The van der Waals surface area contributed by atoms with Gasteiger partial charge < -0.3 is 9.47 Å². The molecule has 2 aromatic rings. The Balaban J connectivity index is 1.83. The monoisotopic (exact) mass is 468 g/mol. The lowest BCUT2D eigenvalue weighted by atomic mass is 10.0. The van der Waals surface area contributed by atoms with E-state index in [2.05, 4.69) is 6.58 Å². The van der Waals surface area contributed by atoms with Gasteiger partial charge in [0.2, 0.25) is 0 Å². The highest BCUT2D eigenvalue weighted by molar-refractivity contribution is 8.18. The number of amides is 2. The van der Waals surface area contributed by atoms with Crippen molar-refractivity contribution < 1.29 is 28.8 Å². The Bertz CT molecular complexity index is 1170. The SMILES string of the molecule is C=CCc1cc(/C=C2\SC(=O)N(CC(=O)c3ccc([N+](=O)[O-])cc3)C2=O)cc(OC)c1OC. The van der Waals surface area contributed by atoms with Crippen LogP contribution in [0, 0.1) is 10.1 Å². The van der Waals surface area contributed by atoms with E-state index in [1.807, 2.05) is 0 Å². The number of imide groups is 1. The van der Waals surface area contributed by atoms with Crippen molar-refractivity contribution in [2.24, 2.45) is 0 Å². The van der Waals surface area contributed by atoms with Crippen LogP contribution >= 0.6 is 11.8 Å². The maximum absolute atomic E-state index is 12.8. The number of ether oxygens (including phenoxy) is 2. The number of ketones is 1. The summed E-state index contributed by atoms with van der Waals surface area (Å²) < 4.78 is 10.8. The highest BCUT2D eigenvalue weighted by atomic mass is 32.2. The molecule has 0 N–H and O–H groups in total. The average Bonchev–Trinajstić information content (AvgIpc) is 3.06. The van der Waals surface area contributed by atoms with E-state index < -0.39 is 28.4 Å². The minimum absolute atomic E-state index is 0.160. The molecule has 0 unspecified atom stereocenters. The van der Waals surface area contributed by atoms with Gasteiger partial charge in [-0.05, 0) is 54.1 Å². The summed E-state index contributed by atoms with van der Waals surface area (Å²) in [7, 11) is 3.02. The zero-order valence-electron chi connectivity index (χ0n) is 17.9. The van der Waals surface area contributed by atoms with Crippen molar-refractivity contribution in [3.63, 3.8) is 0 Å². The Hall–Kier alpha value is -3.92. The van der Waals surface area contributed by atoms with E-state index >= 15 is 0 Å². The van der Waals surface area contributed by atoms with Crippen LogP contribution in [0.2, 0.25) is 0 Å². The molecule has 9 nitrogen and oxygen atoms in total. The van der Waals surface area contributed by atoms with Gasteiger partial charge in [-0.2, -0.15) is 0 Å². The first-order valence-electron chi connectivity index (χ1n) is 9.67. The van der Waals surface area contributed by atoms with Crippen LogP contribution in [0.1, 0.15) is 21.5 Å². The van der Waals surface area contributed by atoms with Crippen molar-refractivity contribution in [1.82, 2.24) is 4.90 Å². The van der Waals surface area contributed by atoms with Crippen LogP contribution in [-0.4, -0.2) is 47.5 Å². The maximum atomic E-state index is 12.8. The predicted octanol–water partition coefficient (Wildman–Crippen LogP) is 4.26. The molecule has 170 valence electrons. The highest BCUT2D eigenvalue weighted by Gasteiger charge is 2.36. The van der Waals surface area contributed by atoms with Gasteiger partial charge in [-0.1, -0.05) is 6.08 Å². The van der Waals surface area contributed by atoms with E-state index in [9.17, 15) is 24.5 Å². The summed E-state index contributed by atoms with van der Waals surface area (Å²) in [5, 5.41) is 10.2.